The first-order chi connectivity index (χ1) is 67.2. The van der Waals surface area contributed by atoms with Crippen LogP contribution in [0.25, 0.3) is 0 Å². The van der Waals surface area contributed by atoms with Crippen LogP contribution in [0, 0.1) is 178 Å². The lowest BCUT2D eigenvalue weighted by Gasteiger charge is -2.20. The van der Waals surface area contributed by atoms with Gasteiger partial charge in [-0.3, -0.25) is 14.4 Å². The third kappa shape index (κ3) is 31.8. The Labute approximate surface area is 826 Å². The lowest BCUT2D eigenvalue weighted by molar-refractivity contribution is -0.124. The van der Waals surface area contributed by atoms with Crippen LogP contribution in [-0.4, -0.2) is 81.6 Å². The van der Waals surface area contributed by atoms with Crippen LogP contribution in [-0.2, 0) is 14.4 Å². The highest BCUT2D eigenvalue weighted by atomic mass is 16.3. The van der Waals surface area contributed by atoms with Gasteiger partial charge in [-0.05, 0) is 247 Å². The molecule has 0 aliphatic heterocycles. The zero-order valence-electron chi connectivity index (χ0n) is 79.6. The van der Waals surface area contributed by atoms with Crippen molar-refractivity contribution in [3.05, 3.63) is 442 Å². The molecule has 0 bridgehead atoms. The Morgan fingerprint density at radius 1 is 0.177 bits per heavy atom. The standard InChI is InChI=1S/C129H93N3O9/c1-124(2,136)67-61-109-82-106(58-55-103-76-97(49-43-91-31-19-13-20-32-91)73-98(77-103)50-44-92-33-21-14-22-34-92)83-110(62-68-125(3,4)137)118(109)130-88-115-121(133)116(89-131-119-111(63-69-126(5,6)138)84-107(85-112(119)64-70-127(7,8)139)59-56-104-78-99(51-45-93-35-23-15-24-36-93)74-100(79-104)52-46-94-37-25-16-26-38-94)123(135)117(122(115)134)90-132-120-113(65-71-128(9,10)140)86-108(87-114(120)66-72-129(11,12)141)60-57-105-80-101(53-47-95-39-27-17-28-40-95)75-102(81-105)54-48-96-41-29-18-30-42-96/h13-42,73-90,130-132,136-141H,1-12H3. The number of ketones is 3. The molecular weight excluding hydrogens is 1740 g/mol. The zero-order chi connectivity index (χ0) is 100. The predicted octanol–water partition coefficient (Wildman–Crippen LogP) is 18.0. The van der Waals surface area contributed by atoms with Gasteiger partial charge in [0.25, 0.3) is 0 Å². The minimum atomic E-state index is -1.62. The van der Waals surface area contributed by atoms with Gasteiger partial charge in [0.05, 0.1) is 67.2 Å². The molecule has 12 nitrogen and oxygen atoms in total. The number of Topliss-reactive ketones (excluding diaryl/α,β-unsaturated/α-hetero) is 3. The van der Waals surface area contributed by atoms with E-state index in [0.717, 1.165) is 52.0 Å². The molecule has 9 N–H and O–H groups in total. The van der Waals surface area contributed by atoms with Gasteiger partial charge in [-0.2, -0.15) is 0 Å². The topological polar surface area (TPSA) is 209 Å². The normalized spacial score (nSPS) is 11.2. The lowest BCUT2D eigenvalue weighted by Crippen LogP contribution is -2.33. The van der Waals surface area contributed by atoms with Crippen LogP contribution in [0.2, 0.25) is 0 Å². The van der Waals surface area contributed by atoms with Crippen LogP contribution in [0.15, 0.2) is 308 Å². The van der Waals surface area contributed by atoms with E-state index in [0.29, 0.717) is 66.8 Å². The molecule has 12 aromatic carbocycles. The summed E-state index contributed by atoms with van der Waals surface area (Å²) in [4.78, 5) is 48.1. The Morgan fingerprint density at radius 2 is 0.298 bits per heavy atom. The van der Waals surface area contributed by atoms with E-state index in [1.165, 1.54) is 83.1 Å². The molecule has 1 fully saturated rings. The maximum absolute atomic E-state index is 16.0. The maximum Gasteiger partial charge on any atom is 0.203 e. The van der Waals surface area contributed by atoms with Gasteiger partial charge in [-0.15, -0.1) is 0 Å². The Bertz CT molecular complexity index is 6980. The summed E-state index contributed by atoms with van der Waals surface area (Å²) >= 11 is 0. The molecule has 12 heteroatoms. The molecule has 141 heavy (non-hydrogen) atoms. The molecule has 678 valence electrons. The molecule has 1 saturated carbocycles. The predicted molar refractivity (Wildman–Crippen MR) is 560 cm³/mol. The van der Waals surface area contributed by atoms with E-state index in [2.05, 4.69) is 194 Å². The molecule has 0 atom stereocenters. The molecule has 1 aliphatic rings. The van der Waals surface area contributed by atoms with Crippen molar-refractivity contribution in [2.75, 3.05) is 16.0 Å². The fourth-order valence-corrected chi connectivity index (χ4v) is 13.1. The molecule has 0 amide bonds. The van der Waals surface area contributed by atoms with E-state index < -0.39 is 67.7 Å². The highest BCUT2D eigenvalue weighted by Crippen LogP contribution is 2.33. The second-order valence-electron chi connectivity index (χ2n) is 35.6. The summed E-state index contributed by atoms with van der Waals surface area (Å²) in [5.41, 5.74) is 0.608. The van der Waals surface area contributed by atoms with Gasteiger partial charge in [-0.1, -0.05) is 287 Å². The van der Waals surface area contributed by atoms with Crippen LogP contribution in [0.5, 0.6) is 0 Å². The average molecular weight is 1830 g/mol. The third-order valence-electron chi connectivity index (χ3n) is 19.6. The van der Waals surface area contributed by atoms with Crippen molar-refractivity contribution in [3.63, 3.8) is 0 Å². The number of aliphatic hydroxyl groups is 6. The van der Waals surface area contributed by atoms with Crippen molar-refractivity contribution < 1.29 is 45.0 Å². The van der Waals surface area contributed by atoms with Crippen molar-refractivity contribution in [1.29, 1.82) is 0 Å². The largest absolute Gasteiger partial charge is 0.378 e. The summed E-state index contributed by atoms with van der Waals surface area (Å²) in [5, 5.41) is 77.6. The summed E-state index contributed by atoms with van der Waals surface area (Å²) in [7, 11) is 0. The fraction of sp³-hybridized carbons (Fsp3) is 0.140. The Morgan fingerprint density at radius 3 is 0.426 bits per heavy atom. The summed E-state index contributed by atoms with van der Waals surface area (Å²) < 4.78 is 0. The second-order valence-corrected chi connectivity index (χ2v) is 35.6. The van der Waals surface area contributed by atoms with E-state index in [9.17, 15) is 30.6 Å². The number of carbonyl (C=O) groups excluding carboxylic acids is 3. The smallest absolute Gasteiger partial charge is 0.203 e. The first kappa shape index (κ1) is 99.9. The van der Waals surface area contributed by atoms with E-state index in [1.807, 2.05) is 237 Å². The molecule has 0 unspecified atom stereocenters. The van der Waals surface area contributed by atoms with Crippen molar-refractivity contribution >= 4 is 34.4 Å². The van der Waals surface area contributed by atoms with Gasteiger partial charge in [0, 0.05) is 119 Å². The molecule has 0 aromatic heterocycles. The monoisotopic (exact) mass is 1830 g/mol. The number of carbonyl (C=O) groups is 3. The quantitative estimate of drug-likeness (QED) is 0.0433. The Hall–Kier alpha value is -18.6. The Balaban J connectivity index is 0.997. The van der Waals surface area contributed by atoms with Gasteiger partial charge in [-0.25, -0.2) is 0 Å². The van der Waals surface area contributed by atoms with Gasteiger partial charge < -0.3 is 46.6 Å². The lowest BCUT2D eigenvalue weighted by atomic mass is 9.84. The van der Waals surface area contributed by atoms with Crippen molar-refractivity contribution in [3.8, 4) is 178 Å². The first-order valence-corrected chi connectivity index (χ1v) is 44.8. The highest BCUT2D eigenvalue weighted by molar-refractivity contribution is 6.52. The number of hydrogen-bond acceptors (Lipinski definition) is 12. The van der Waals surface area contributed by atoms with Gasteiger partial charge in [0.15, 0.2) is 0 Å². The Kier molecular flexibility index (Phi) is 32.0. The second kappa shape index (κ2) is 45.2. The summed E-state index contributed by atoms with van der Waals surface area (Å²) in [6, 6.07) is 83.6. The number of allylic oxidation sites excluding steroid dienone is 3. The molecule has 0 spiro atoms. The SMILES string of the molecule is CC(C)(O)C#Cc1cc(C#Cc2cc(C#Cc3ccccc3)cc(C#Cc3ccccc3)c2)cc(C#CC(C)(C)O)c1NC=C1C(=O)C(=CNc2c(C#CC(C)(C)O)cc(C#Cc3cc(C#Cc4ccccc4)cc(C#Cc4ccccc4)c3)cc2C#CC(C)(C)O)C(=O)C(=CNc2c(C#CC(C)(C)O)cc(C#Cc3cc(C#Cc4ccccc4)cc(C#Cc4ccccc4)c3)cc2C#CC(C)(C)O)C1=O. The van der Waals surface area contributed by atoms with E-state index in [-0.39, 0.29) is 50.4 Å². The van der Waals surface area contributed by atoms with Crippen LogP contribution in [0.1, 0.15) is 217 Å². The van der Waals surface area contributed by atoms with Crippen molar-refractivity contribution in [2.24, 2.45) is 0 Å². The van der Waals surface area contributed by atoms with Gasteiger partial charge in [0.2, 0.25) is 17.3 Å². The minimum Gasteiger partial charge on any atom is -0.378 e. The molecule has 13 rings (SSSR count). The van der Waals surface area contributed by atoms with E-state index in [4.69, 9.17) is 0 Å². The number of hydrogen-bond donors (Lipinski definition) is 9. The number of anilines is 3. The van der Waals surface area contributed by atoms with E-state index >= 15 is 14.4 Å². The van der Waals surface area contributed by atoms with Gasteiger partial charge >= 0.3 is 0 Å². The van der Waals surface area contributed by atoms with Crippen molar-refractivity contribution in [2.45, 2.75) is 117 Å². The molecule has 0 saturated heterocycles. The molecule has 0 radical (unpaired) electrons. The zero-order valence-corrected chi connectivity index (χ0v) is 79.6. The van der Waals surface area contributed by atoms with Crippen LogP contribution in [0.3, 0.4) is 0 Å². The minimum absolute atomic E-state index is 0.0627. The first-order valence-electron chi connectivity index (χ1n) is 44.8. The number of nitrogens with one attached hydrogen (secondary N) is 3. The highest BCUT2D eigenvalue weighted by Gasteiger charge is 2.39. The van der Waals surface area contributed by atoms with E-state index in [1.54, 1.807) is 36.4 Å². The van der Waals surface area contributed by atoms with Crippen LogP contribution < -0.4 is 16.0 Å². The van der Waals surface area contributed by atoms with Crippen LogP contribution >= 0.6 is 0 Å². The summed E-state index contributed by atoms with van der Waals surface area (Å²) in [6.45, 7) is 17.8. The van der Waals surface area contributed by atoms with Crippen molar-refractivity contribution in [1.82, 2.24) is 0 Å². The molecule has 1 aliphatic carbocycles. The number of rotatable bonds is 6. The fourth-order valence-electron chi connectivity index (χ4n) is 13.1. The maximum atomic E-state index is 16.0. The number of benzene rings is 12. The molecular formula is C129H93N3O9. The summed E-state index contributed by atoms with van der Waals surface area (Å²) in [6.07, 6.45) is 3.29. The summed E-state index contributed by atoms with van der Waals surface area (Å²) in [5.74, 6) is 91.1. The average Bonchev–Trinajstić information content (AvgIpc) is 0.766. The third-order valence-corrected chi connectivity index (χ3v) is 19.6. The molecule has 0 heterocycles. The van der Waals surface area contributed by atoms with Gasteiger partial charge in [0.1, 0.15) is 33.6 Å². The molecule has 12 aromatic rings. The van der Waals surface area contributed by atoms with Crippen LogP contribution in [0.4, 0.5) is 17.1 Å².